The summed E-state index contributed by atoms with van der Waals surface area (Å²) >= 11 is 0. The molecule has 6 aromatic carbocycles. The molecule has 0 N–H and O–H groups in total. The van der Waals surface area contributed by atoms with Gasteiger partial charge in [-0.3, -0.25) is 0 Å². The first kappa shape index (κ1) is 22.2. The van der Waals surface area contributed by atoms with Crippen molar-refractivity contribution in [2.24, 2.45) is 0 Å². The molecule has 39 heavy (non-hydrogen) atoms. The van der Waals surface area contributed by atoms with Crippen molar-refractivity contribution < 1.29 is 4.42 Å². The Labute approximate surface area is 227 Å². The predicted octanol–water partition coefficient (Wildman–Crippen LogP) is 10.5. The number of para-hydroxylation sites is 3. The molecule has 7 aromatic rings. The number of nitrogens with zero attached hydrogens (tertiary/aromatic N) is 1. The third-order valence-electron chi connectivity index (χ3n) is 8.40. The zero-order chi connectivity index (χ0) is 26.1. The fourth-order valence-corrected chi connectivity index (χ4v) is 6.71. The number of benzene rings is 6. The minimum Gasteiger partial charge on any atom is -0.454 e. The lowest BCUT2D eigenvalue weighted by Gasteiger charge is -2.30. The van der Waals surface area contributed by atoms with Crippen molar-refractivity contribution in [2.75, 3.05) is 4.90 Å². The Hall–Kier alpha value is -4.82. The van der Waals surface area contributed by atoms with Crippen LogP contribution in [-0.2, 0) is 5.41 Å². The predicted molar refractivity (Wildman–Crippen MR) is 163 cm³/mol. The summed E-state index contributed by atoms with van der Waals surface area (Å²) in [6, 6.07) is 45.6. The molecule has 8 rings (SSSR count). The monoisotopic (exact) mass is 501 g/mol. The maximum absolute atomic E-state index is 6.58. The Kier molecular flexibility index (Phi) is 4.60. The topological polar surface area (TPSA) is 16.4 Å². The average molecular weight is 502 g/mol. The van der Waals surface area contributed by atoms with E-state index in [-0.39, 0.29) is 5.41 Å². The van der Waals surface area contributed by atoms with Crippen LogP contribution in [0.25, 0.3) is 43.8 Å². The van der Waals surface area contributed by atoms with Gasteiger partial charge in [-0.2, -0.15) is 0 Å². The van der Waals surface area contributed by atoms with Gasteiger partial charge in [-0.15, -0.1) is 0 Å². The average Bonchev–Trinajstić information content (AvgIpc) is 3.47. The zero-order valence-corrected chi connectivity index (χ0v) is 22.0. The number of rotatable bonds is 3. The molecule has 186 valence electrons. The highest BCUT2D eigenvalue weighted by Gasteiger charge is 2.39. The molecule has 2 nitrogen and oxygen atoms in total. The molecule has 1 aliphatic rings. The first-order valence-corrected chi connectivity index (χ1v) is 13.5. The van der Waals surface area contributed by atoms with Crippen LogP contribution in [0.5, 0.6) is 0 Å². The van der Waals surface area contributed by atoms with Crippen molar-refractivity contribution in [3.63, 3.8) is 0 Å². The van der Waals surface area contributed by atoms with Gasteiger partial charge in [-0.25, -0.2) is 0 Å². The number of furan rings is 1. The Balaban J connectivity index is 1.53. The van der Waals surface area contributed by atoms with E-state index < -0.39 is 0 Å². The van der Waals surface area contributed by atoms with Crippen LogP contribution in [0, 0.1) is 0 Å². The van der Waals surface area contributed by atoms with Gasteiger partial charge in [-0.05, 0) is 57.8 Å². The smallest absolute Gasteiger partial charge is 0.159 e. The molecule has 0 amide bonds. The molecule has 1 aromatic heterocycles. The molecule has 1 heterocycles. The van der Waals surface area contributed by atoms with Crippen LogP contribution in [0.2, 0.25) is 0 Å². The van der Waals surface area contributed by atoms with E-state index in [4.69, 9.17) is 4.42 Å². The van der Waals surface area contributed by atoms with E-state index in [1.165, 1.54) is 38.7 Å². The van der Waals surface area contributed by atoms with E-state index in [1.54, 1.807) is 0 Å². The number of hydrogen-bond acceptors (Lipinski definition) is 2. The lowest BCUT2D eigenvalue weighted by Crippen LogP contribution is -2.17. The molecule has 0 spiro atoms. The lowest BCUT2D eigenvalue weighted by atomic mass is 9.80. The zero-order valence-electron chi connectivity index (χ0n) is 22.0. The Morgan fingerprint density at radius 3 is 2.15 bits per heavy atom. The summed E-state index contributed by atoms with van der Waals surface area (Å²) in [4.78, 5) is 2.40. The fourth-order valence-electron chi connectivity index (χ4n) is 6.71. The summed E-state index contributed by atoms with van der Waals surface area (Å²) in [6.45, 7) is 4.72. The maximum Gasteiger partial charge on any atom is 0.159 e. The summed E-state index contributed by atoms with van der Waals surface area (Å²) in [5, 5.41) is 4.82. The highest BCUT2D eigenvalue weighted by Crippen LogP contribution is 2.57. The van der Waals surface area contributed by atoms with E-state index in [0.717, 1.165) is 33.3 Å². The normalized spacial score (nSPS) is 13.6. The maximum atomic E-state index is 6.58. The minimum atomic E-state index is -0.130. The molecule has 0 saturated heterocycles. The van der Waals surface area contributed by atoms with Crippen LogP contribution < -0.4 is 4.90 Å². The number of hydrogen-bond donors (Lipinski definition) is 0. The van der Waals surface area contributed by atoms with Crippen molar-refractivity contribution in [3.05, 3.63) is 139 Å². The van der Waals surface area contributed by atoms with Crippen LogP contribution in [0.15, 0.2) is 132 Å². The van der Waals surface area contributed by atoms with Gasteiger partial charge in [-0.1, -0.05) is 111 Å². The SMILES string of the molecule is CC1(C)c2ccccc2-c2c(N(c3ccccc3)c3cccc4c3oc3ccccc34)cc3ccccc3c21. The molecule has 0 bridgehead atoms. The minimum absolute atomic E-state index is 0.130. The van der Waals surface area contributed by atoms with Crippen LogP contribution >= 0.6 is 0 Å². The summed E-state index contributed by atoms with van der Waals surface area (Å²) in [5.74, 6) is 0. The van der Waals surface area contributed by atoms with Gasteiger partial charge < -0.3 is 9.32 Å². The standard InChI is InChI=1S/C37H27NO/c1-37(2)30-20-10-8-18-29(30)34-32(23-24-13-6-7-16-26(24)35(34)37)38(25-14-4-3-5-15-25)31-21-12-19-28-27-17-9-11-22-33(27)39-36(28)31/h3-23H,1-2H3. The lowest BCUT2D eigenvalue weighted by molar-refractivity contribution is 0.666. The Morgan fingerprint density at radius 1 is 0.590 bits per heavy atom. The van der Waals surface area contributed by atoms with Crippen molar-refractivity contribution >= 4 is 49.8 Å². The van der Waals surface area contributed by atoms with Crippen molar-refractivity contribution in [1.82, 2.24) is 0 Å². The molecule has 0 aliphatic heterocycles. The van der Waals surface area contributed by atoms with E-state index in [9.17, 15) is 0 Å². The third kappa shape index (κ3) is 3.09. The summed E-state index contributed by atoms with van der Waals surface area (Å²) < 4.78 is 6.58. The van der Waals surface area contributed by atoms with Gasteiger partial charge >= 0.3 is 0 Å². The van der Waals surface area contributed by atoms with Crippen LogP contribution in [0.1, 0.15) is 25.0 Å². The molecular formula is C37H27NO. The number of fused-ring (bicyclic) bond motifs is 8. The molecule has 0 radical (unpaired) electrons. The first-order chi connectivity index (χ1) is 19.1. The van der Waals surface area contributed by atoms with E-state index in [1.807, 2.05) is 6.07 Å². The molecule has 0 saturated carbocycles. The molecular weight excluding hydrogens is 474 g/mol. The van der Waals surface area contributed by atoms with Crippen LogP contribution in [0.3, 0.4) is 0 Å². The largest absolute Gasteiger partial charge is 0.454 e. The molecule has 1 aliphatic carbocycles. The van der Waals surface area contributed by atoms with Crippen molar-refractivity contribution in [2.45, 2.75) is 19.3 Å². The van der Waals surface area contributed by atoms with Crippen molar-refractivity contribution in [3.8, 4) is 11.1 Å². The second-order valence-corrected chi connectivity index (χ2v) is 11.0. The van der Waals surface area contributed by atoms with Gasteiger partial charge in [0.15, 0.2) is 5.58 Å². The van der Waals surface area contributed by atoms with Crippen LogP contribution in [0.4, 0.5) is 17.1 Å². The summed E-state index contributed by atoms with van der Waals surface area (Å²) in [6.07, 6.45) is 0. The van der Waals surface area contributed by atoms with Gasteiger partial charge in [0.2, 0.25) is 0 Å². The van der Waals surface area contributed by atoms with E-state index >= 15 is 0 Å². The van der Waals surface area contributed by atoms with E-state index in [0.29, 0.717) is 0 Å². The number of anilines is 3. The highest BCUT2D eigenvalue weighted by atomic mass is 16.3. The highest BCUT2D eigenvalue weighted by molar-refractivity contribution is 6.12. The van der Waals surface area contributed by atoms with Crippen LogP contribution in [-0.4, -0.2) is 0 Å². The fraction of sp³-hybridized carbons (Fsp3) is 0.0811. The van der Waals surface area contributed by atoms with Gasteiger partial charge in [0.25, 0.3) is 0 Å². The second kappa shape index (κ2) is 8.09. The van der Waals surface area contributed by atoms with E-state index in [2.05, 4.69) is 140 Å². The summed E-state index contributed by atoms with van der Waals surface area (Å²) in [7, 11) is 0. The molecule has 0 atom stereocenters. The quantitative estimate of drug-likeness (QED) is 0.239. The molecule has 0 fully saturated rings. The first-order valence-electron chi connectivity index (χ1n) is 13.5. The summed E-state index contributed by atoms with van der Waals surface area (Å²) in [5.41, 5.74) is 10.3. The van der Waals surface area contributed by atoms with Gasteiger partial charge in [0, 0.05) is 27.4 Å². The second-order valence-electron chi connectivity index (χ2n) is 11.0. The molecule has 2 heteroatoms. The van der Waals surface area contributed by atoms with Gasteiger partial charge in [0.05, 0.1) is 11.4 Å². The van der Waals surface area contributed by atoms with Crippen molar-refractivity contribution in [1.29, 1.82) is 0 Å². The van der Waals surface area contributed by atoms with Gasteiger partial charge in [0.1, 0.15) is 5.58 Å². The third-order valence-corrected chi connectivity index (χ3v) is 8.40. The Morgan fingerprint density at radius 2 is 1.28 bits per heavy atom. The molecule has 0 unspecified atom stereocenters. The Bertz CT molecular complexity index is 2050.